The fourth-order valence-corrected chi connectivity index (χ4v) is 7.12. The second-order valence-electron chi connectivity index (χ2n) is 5.27. The van der Waals surface area contributed by atoms with E-state index >= 15 is 0 Å². The Hall–Kier alpha value is -1.73. The molecule has 126 valence electrons. The first-order valence-electron chi connectivity index (χ1n) is 7.56. The van der Waals surface area contributed by atoms with Gasteiger partial charge in [0.05, 0.1) is 33.4 Å². The van der Waals surface area contributed by atoms with Gasteiger partial charge in [0.15, 0.2) is 0 Å². The number of hydrogen-bond donors (Lipinski definition) is 0. The largest absolute Gasteiger partial charge is 0.496 e. The molecule has 2 aromatic heterocycles. The highest BCUT2D eigenvalue weighted by Crippen LogP contribution is 2.52. The molecule has 0 bridgehead atoms. The average molecular weight is 403 g/mol. The lowest BCUT2D eigenvalue weighted by Gasteiger charge is -2.07. The smallest absolute Gasteiger partial charge is 0.144 e. The Kier molecular flexibility index (Phi) is 4.60. The summed E-state index contributed by atoms with van der Waals surface area (Å²) in [6.45, 7) is 0. The van der Waals surface area contributed by atoms with Gasteiger partial charge in [0.25, 0.3) is 0 Å². The molecule has 2 aromatic carbocycles. The molecule has 0 aliphatic rings. The minimum atomic E-state index is 0.876. The molecule has 0 aliphatic heterocycles. The Bertz CT molecular complexity index is 1020. The highest BCUT2D eigenvalue weighted by atomic mass is 32.2. The van der Waals surface area contributed by atoms with Crippen molar-refractivity contribution in [2.75, 3.05) is 14.2 Å². The summed E-state index contributed by atoms with van der Waals surface area (Å²) in [5.41, 5.74) is 2.20. The van der Waals surface area contributed by atoms with Gasteiger partial charge in [-0.05, 0) is 24.3 Å². The number of para-hydroxylation sites is 2. The van der Waals surface area contributed by atoms with E-state index in [0.29, 0.717) is 0 Å². The molecule has 0 saturated carbocycles. The average Bonchev–Trinajstić information content (AvgIpc) is 3.19. The molecule has 25 heavy (non-hydrogen) atoms. The number of ether oxygens (including phenoxy) is 2. The van der Waals surface area contributed by atoms with Crippen LogP contribution in [-0.4, -0.2) is 14.2 Å². The van der Waals surface area contributed by atoms with Gasteiger partial charge in [0.2, 0.25) is 0 Å². The molecule has 0 N–H and O–H groups in total. The summed E-state index contributed by atoms with van der Waals surface area (Å²) in [5, 5.41) is 0. The predicted octanol–water partition coefficient (Wildman–Crippen LogP) is 7.10. The van der Waals surface area contributed by atoms with Crippen LogP contribution in [-0.2, 0) is 0 Å². The molecule has 0 atom stereocenters. The van der Waals surface area contributed by atoms with E-state index in [4.69, 9.17) is 21.7 Å². The van der Waals surface area contributed by atoms with Gasteiger partial charge in [-0.2, -0.15) is 0 Å². The molecular weight excluding hydrogens is 388 g/mol. The number of rotatable bonds is 4. The van der Waals surface area contributed by atoms with Crippen molar-refractivity contribution in [3.63, 3.8) is 0 Å². The Labute approximate surface area is 162 Å². The lowest BCUT2D eigenvalue weighted by molar-refractivity contribution is 0.416. The topological polar surface area (TPSA) is 18.5 Å². The second kappa shape index (κ2) is 6.88. The van der Waals surface area contributed by atoms with Gasteiger partial charge >= 0.3 is 0 Å². The first kappa shape index (κ1) is 16.7. The van der Waals surface area contributed by atoms with Crippen LogP contribution in [0.2, 0.25) is 0 Å². The van der Waals surface area contributed by atoms with Crippen LogP contribution < -0.4 is 9.47 Å². The Morgan fingerprint density at radius 1 is 0.680 bits per heavy atom. The van der Waals surface area contributed by atoms with Gasteiger partial charge in [-0.25, -0.2) is 0 Å². The van der Waals surface area contributed by atoms with Crippen molar-refractivity contribution in [3.05, 3.63) is 51.7 Å². The maximum absolute atomic E-state index is 5.58. The highest BCUT2D eigenvalue weighted by molar-refractivity contribution is 7.77. The van der Waals surface area contributed by atoms with Gasteiger partial charge in [0.1, 0.15) is 14.6 Å². The van der Waals surface area contributed by atoms with Crippen molar-refractivity contribution in [1.29, 1.82) is 0 Å². The standard InChI is InChI=1S/C19H14O2S4/c1-20-13-9-5-3-7-11(13)15-17-18(25-19(22)24-17)16(23-15)12-8-4-6-10-14(12)21-2/h3-10H,1-2H3. The summed E-state index contributed by atoms with van der Waals surface area (Å²) in [5.74, 6) is 1.75. The zero-order chi connectivity index (χ0) is 17.4. The Morgan fingerprint density at radius 2 is 1.12 bits per heavy atom. The second-order valence-corrected chi connectivity index (χ2v) is 9.52. The van der Waals surface area contributed by atoms with E-state index in [1.54, 1.807) is 48.2 Å². The molecule has 2 nitrogen and oxygen atoms in total. The predicted molar refractivity (Wildman–Crippen MR) is 112 cm³/mol. The SMILES string of the molecule is COc1ccccc1-c1sc(-c2ccccc2OC)c2sc(=S)sc12. The summed E-state index contributed by atoms with van der Waals surface area (Å²) < 4.78 is 14.5. The maximum Gasteiger partial charge on any atom is 0.144 e. The quantitative estimate of drug-likeness (QED) is 0.339. The number of benzene rings is 2. The first-order chi connectivity index (χ1) is 12.2. The summed E-state index contributed by atoms with van der Waals surface area (Å²) in [4.78, 5) is 2.40. The zero-order valence-corrected chi connectivity index (χ0v) is 16.8. The molecule has 0 radical (unpaired) electrons. The van der Waals surface area contributed by atoms with E-state index in [-0.39, 0.29) is 0 Å². The molecule has 0 unspecified atom stereocenters. The van der Waals surface area contributed by atoms with E-state index in [2.05, 4.69) is 12.1 Å². The lowest BCUT2D eigenvalue weighted by Crippen LogP contribution is -1.85. The monoisotopic (exact) mass is 402 g/mol. The van der Waals surface area contributed by atoms with Crippen LogP contribution in [0.3, 0.4) is 0 Å². The molecule has 4 aromatic rings. The van der Waals surface area contributed by atoms with E-state index < -0.39 is 0 Å². The van der Waals surface area contributed by atoms with Crippen LogP contribution in [0.15, 0.2) is 48.5 Å². The summed E-state index contributed by atoms with van der Waals surface area (Å²) in [6.07, 6.45) is 0. The van der Waals surface area contributed by atoms with E-state index in [0.717, 1.165) is 25.8 Å². The number of thiophene rings is 1. The molecule has 4 rings (SSSR count). The van der Waals surface area contributed by atoms with Crippen molar-refractivity contribution in [3.8, 4) is 32.4 Å². The molecule has 0 aliphatic carbocycles. The van der Waals surface area contributed by atoms with Crippen molar-refractivity contribution in [2.24, 2.45) is 0 Å². The van der Waals surface area contributed by atoms with Crippen LogP contribution in [0.5, 0.6) is 11.5 Å². The van der Waals surface area contributed by atoms with Gasteiger partial charge < -0.3 is 9.47 Å². The zero-order valence-electron chi connectivity index (χ0n) is 13.6. The molecule has 0 fully saturated rings. The van der Waals surface area contributed by atoms with Gasteiger partial charge in [-0.3, -0.25) is 0 Å². The first-order valence-corrected chi connectivity index (χ1v) is 10.4. The maximum atomic E-state index is 5.58. The molecule has 0 spiro atoms. The van der Waals surface area contributed by atoms with E-state index in [9.17, 15) is 0 Å². The lowest BCUT2D eigenvalue weighted by atomic mass is 10.1. The van der Waals surface area contributed by atoms with Crippen LogP contribution in [0.25, 0.3) is 30.3 Å². The third kappa shape index (κ3) is 2.89. The van der Waals surface area contributed by atoms with Gasteiger partial charge in [-0.1, -0.05) is 36.5 Å². The summed E-state index contributed by atoms with van der Waals surface area (Å²) in [7, 11) is 3.42. The van der Waals surface area contributed by atoms with Gasteiger partial charge in [-0.15, -0.1) is 34.0 Å². The van der Waals surface area contributed by atoms with Crippen LogP contribution in [0.1, 0.15) is 0 Å². The van der Waals surface area contributed by atoms with Crippen LogP contribution in [0, 0.1) is 3.14 Å². The highest BCUT2D eigenvalue weighted by Gasteiger charge is 2.21. The Balaban J connectivity index is 2.04. The van der Waals surface area contributed by atoms with E-state index in [1.807, 2.05) is 36.4 Å². The van der Waals surface area contributed by atoms with Crippen LogP contribution >= 0.6 is 46.2 Å². The fourth-order valence-electron chi connectivity index (χ4n) is 2.79. The molecule has 2 heterocycles. The van der Waals surface area contributed by atoms with Crippen molar-refractivity contribution >= 4 is 55.6 Å². The third-order valence-electron chi connectivity index (χ3n) is 3.90. The number of fused-ring (bicyclic) bond motifs is 1. The fraction of sp³-hybridized carbons (Fsp3) is 0.105. The minimum absolute atomic E-state index is 0.876. The molecule has 0 saturated heterocycles. The third-order valence-corrected chi connectivity index (χ3v) is 8.10. The van der Waals surface area contributed by atoms with Crippen molar-refractivity contribution in [1.82, 2.24) is 0 Å². The van der Waals surface area contributed by atoms with Crippen molar-refractivity contribution in [2.45, 2.75) is 0 Å². The van der Waals surface area contributed by atoms with Crippen molar-refractivity contribution < 1.29 is 9.47 Å². The summed E-state index contributed by atoms with van der Waals surface area (Å²) in [6, 6.07) is 16.3. The molecule has 6 heteroatoms. The summed E-state index contributed by atoms with van der Waals surface area (Å²) >= 11 is 10.6. The molecular formula is C19H14O2S4. The number of methoxy groups -OCH3 is 2. The Morgan fingerprint density at radius 3 is 1.56 bits per heavy atom. The van der Waals surface area contributed by atoms with E-state index in [1.165, 1.54) is 19.2 Å². The van der Waals surface area contributed by atoms with Crippen LogP contribution in [0.4, 0.5) is 0 Å². The molecule has 0 amide bonds. The minimum Gasteiger partial charge on any atom is -0.496 e. The van der Waals surface area contributed by atoms with Gasteiger partial charge in [0, 0.05) is 11.1 Å². The number of hydrogen-bond acceptors (Lipinski definition) is 6. The normalized spacial score (nSPS) is 11.0.